The zero-order chi connectivity index (χ0) is 16.7. The minimum atomic E-state index is -0.475. The van der Waals surface area contributed by atoms with E-state index in [1.807, 2.05) is 19.9 Å². The number of likely N-dealkylation sites (N-methyl/N-ethyl adjacent to an activating group) is 1. The normalized spacial score (nSPS) is 12.1. The predicted molar refractivity (Wildman–Crippen MR) is 89.2 cm³/mol. The van der Waals surface area contributed by atoms with Gasteiger partial charge in [0.1, 0.15) is 0 Å². The maximum atomic E-state index is 11.8. The van der Waals surface area contributed by atoms with Crippen LogP contribution in [0.5, 0.6) is 0 Å². The Labute approximate surface area is 141 Å². The smallest absolute Gasteiger partial charge is 0.321 e. The Hall–Kier alpha value is -1.30. The first-order chi connectivity index (χ1) is 10.3. The third-order valence-electron chi connectivity index (χ3n) is 3.11. The molecule has 0 aromatic heterocycles. The van der Waals surface area contributed by atoms with E-state index in [-0.39, 0.29) is 18.5 Å². The Morgan fingerprint density at radius 1 is 1.32 bits per heavy atom. The lowest BCUT2D eigenvalue weighted by atomic mass is 10.2. The first-order valence-electron chi connectivity index (χ1n) is 7.04. The number of nitrogens with zero attached hydrogens (tertiary/aromatic N) is 1. The van der Waals surface area contributed by atoms with Gasteiger partial charge in [0, 0.05) is 22.6 Å². The van der Waals surface area contributed by atoms with Crippen LogP contribution in [-0.2, 0) is 11.3 Å². The van der Waals surface area contributed by atoms with Crippen molar-refractivity contribution in [3.63, 3.8) is 0 Å². The Kier molecular flexibility index (Phi) is 7.65. The first-order valence-corrected chi connectivity index (χ1v) is 7.80. The van der Waals surface area contributed by atoms with E-state index in [0.717, 1.165) is 12.0 Å². The number of carbonyl (C=O) groups excluding carboxylic acids is 2. The first kappa shape index (κ1) is 18.7. The highest BCUT2D eigenvalue weighted by Gasteiger charge is 2.13. The largest absolute Gasteiger partial charge is 0.335 e. The SMILES string of the molecule is CC[C@H](C)NC(=O)NC(=O)CN(C)Cc1ccc(Cl)cc1Cl. The van der Waals surface area contributed by atoms with E-state index in [2.05, 4.69) is 10.6 Å². The van der Waals surface area contributed by atoms with Crippen molar-refractivity contribution < 1.29 is 9.59 Å². The quantitative estimate of drug-likeness (QED) is 0.832. The van der Waals surface area contributed by atoms with Crippen molar-refractivity contribution >= 4 is 35.1 Å². The van der Waals surface area contributed by atoms with Crippen LogP contribution >= 0.6 is 23.2 Å². The van der Waals surface area contributed by atoms with Crippen LogP contribution in [0.25, 0.3) is 0 Å². The molecule has 1 rings (SSSR count). The average molecular weight is 346 g/mol. The molecule has 0 radical (unpaired) electrons. The average Bonchev–Trinajstić information content (AvgIpc) is 2.41. The summed E-state index contributed by atoms with van der Waals surface area (Å²) in [5, 5.41) is 6.09. The molecule has 1 aromatic carbocycles. The number of halogens is 2. The molecule has 0 saturated heterocycles. The molecule has 0 heterocycles. The maximum Gasteiger partial charge on any atom is 0.321 e. The fourth-order valence-electron chi connectivity index (χ4n) is 1.77. The molecule has 0 aliphatic rings. The number of benzene rings is 1. The van der Waals surface area contributed by atoms with Crippen molar-refractivity contribution in [3.8, 4) is 0 Å². The van der Waals surface area contributed by atoms with Gasteiger partial charge in [0.2, 0.25) is 5.91 Å². The van der Waals surface area contributed by atoms with Gasteiger partial charge in [0.25, 0.3) is 0 Å². The van der Waals surface area contributed by atoms with E-state index in [1.54, 1.807) is 24.1 Å². The summed E-state index contributed by atoms with van der Waals surface area (Å²) in [4.78, 5) is 25.1. The number of hydrogen-bond donors (Lipinski definition) is 2. The molecule has 0 unspecified atom stereocenters. The standard InChI is InChI=1S/C15H21Cl2N3O2/c1-4-10(2)18-15(22)19-14(21)9-20(3)8-11-5-6-12(16)7-13(11)17/h5-7,10H,4,8-9H2,1-3H3,(H2,18,19,21,22)/t10-/m0/s1. The molecule has 1 aromatic rings. The van der Waals surface area contributed by atoms with E-state index >= 15 is 0 Å². The second-order valence-electron chi connectivity index (χ2n) is 5.24. The van der Waals surface area contributed by atoms with Gasteiger partial charge in [0.15, 0.2) is 0 Å². The van der Waals surface area contributed by atoms with E-state index in [4.69, 9.17) is 23.2 Å². The van der Waals surface area contributed by atoms with Crippen molar-refractivity contribution in [2.75, 3.05) is 13.6 Å². The molecule has 2 N–H and O–H groups in total. The van der Waals surface area contributed by atoms with Gasteiger partial charge in [-0.3, -0.25) is 15.0 Å². The van der Waals surface area contributed by atoms with Crippen LogP contribution in [0.1, 0.15) is 25.8 Å². The summed E-state index contributed by atoms with van der Waals surface area (Å²) < 4.78 is 0. The van der Waals surface area contributed by atoms with Gasteiger partial charge < -0.3 is 5.32 Å². The monoisotopic (exact) mass is 345 g/mol. The van der Waals surface area contributed by atoms with Crippen LogP contribution in [0.3, 0.4) is 0 Å². The van der Waals surface area contributed by atoms with Crippen molar-refractivity contribution in [2.45, 2.75) is 32.9 Å². The fourth-order valence-corrected chi connectivity index (χ4v) is 2.24. The maximum absolute atomic E-state index is 11.8. The Bertz CT molecular complexity index is 538. The van der Waals surface area contributed by atoms with Crippen LogP contribution < -0.4 is 10.6 Å². The second kappa shape index (κ2) is 8.98. The minimum Gasteiger partial charge on any atom is -0.335 e. The third kappa shape index (κ3) is 6.64. The molecule has 5 nitrogen and oxygen atoms in total. The van der Waals surface area contributed by atoms with E-state index in [1.165, 1.54) is 0 Å². The lowest BCUT2D eigenvalue weighted by Crippen LogP contribution is -2.46. The summed E-state index contributed by atoms with van der Waals surface area (Å²) in [5.41, 5.74) is 0.866. The van der Waals surface area contributed by atoms with E-state index in [9.17, 15) is 9.59 Å². The Balaban J connectivity index is 2.45. The van der Waals surface area contributed by atoms with Gasteiger partial charge in [-0.1, -0.05) is 36.2 Å². The van der Waals surface area contributed by atoms with Gasteiger partial charge in [-0.25, -0.2) is 4.79 Å². The summed E-state index contributed by atoms with van der Waals surface area (Å²) in [7, 11) is 1.77. The minimum absolute atomic E-state index is 0.0263. The van der Waals surface area contributed by atoms with Crippen LogP contribution in [0, 0.1) is 0 Å². The van der Waals surface area contributed by atoms with Crippen molar-refractivity contribution in [2.24, 2.45) is 0 Å². The summed E-state index contributed by atoms with van der Waals surface area (Å²) >= 11 is 11.9. The topological polar surface area (TPSA) is 61.4 Å². The number of nitrogens with one attached hydrogen (secondary N) is 2. The van der Waals surface area contributed by atoms with Crippen LogP contribution in [0.4, 0.5) is 4.79 Å². The lowest BCUT2D eigenvalue weighted by Gasteiger charge is -2.17. The van der Waals surface area contributed by atoms with Crippen LogP contribution in [0.2, 0.25) is 10.0 Å². The summed E-state index contributed by atoms with van der Waals surface area (Å²) in [5.74, 6) is -0.367. The Morgan fingerprint density at radius 3 is 2.59 bits per heavy atom. The number of urea groups is 1. The fraction of sp³-hybridized carbons (Fsp3) is 0.467. The molecule has 0 aliphatic heterocycles. The molecule has 1 atom stereocenters. The van der Waals surface area contributed by atoms with E-state index in [0.29, 0.717) is 16.6 Å². The van der Waals surface area contributed by atoms with Gasteiger partial charge in [0.05, 0.1) is 6.54 Å². The molecule has 122 valence electrons. The van der Waals surface area contributed by atoms with Crippen LogP contribution in [0.15, 0.2) is 18.2 Å². The molecule has 0 spiro atoms. The zero-order valence-corrected chi connectivity index (χ0v) is 14.5. The molecule has 0 fully saturated rings. The van der Waals surface area contributed by atoms with Gasteiger partial charge in [-0.15, -0.1) is 0 Å². The summed E-state index contributed by atoms with van der Waals surface area (Å²) in [6, 6.07) is 4.77. The Morgan fingerprint density at radius 2 is 2.00 bits per heavy atom. The molecule has 0 aliphatic carbocycles. The molecule has 0 bridgehead atoms. The molecule has 3 amide bonds. The molecular formula is C15H21Cl2N3O2. The number of hydrogen-bond acceptors (Lipinski definition) is 3. The summed E-state index contributed by atoms with van der Waals surface area (Å²) in [6.07, 6.45) is 0.802. The predicted octanol–water partition coefficient (Wildman–Crippen LogP) is 3.05. The third-order valence-corrected chi connectivity index (χ3v) is 3.70. The van der Waals surface area contributed by atoms with Crippen molar-refractivity contribution in [3.05, 3.63) is 33.8 Å². The zero-order valence-electron chi connectivity index (χ0n) is 13.0. The lowest BCUT2D eigenvalue weighted by molar-refractivity contribution is -0.120. The van der Waals surface area contributed by atoms with E-state index < -0.39 is 6.03 Å². The number of rotatable bonds is 6. The highest BCUT2D eigenvalue weighted by molar-refractivity contribution is 6.35. The number of imide groups is 1. The van der Waals surface area contributed by atoms with Crippen molar-refractivity contribution in [1.29, 1.82) is 0 Å². The highest BCUT2D eigenvalue weighted by atomic mass is 35.5. The molecule has 0 saturated carbocycles. The van der Waals surface area contributed by atoms with Crippen molar-refractivity contribution in [1.82, 2.24) is 15.5 Å². The molecule has 7 heteroatoms. The molecular weight excluding hydrogens is 325 g/mol. The second-order valence-corrected chi connectivity index (χ2v) is 6.08. The van der Waals surface area contributed by atoms with Gasteiger partial charge in [-0.2, -0.15) is 0 Å². The van der Waals surface area contributed by atoms with Gasteiger partial charge >= 0.3 is 6.03 Å². The van der Waals surface area contributed by atoms with Crippen LogP contribution in [-0.4, -0.2) is 36.5 Å². The van der Waals surface area contributed by atoms with Gasteiger partial charge in [-0.05, 0) is 38.1 Å². The summed E-state index contributed by atoms with van der Waals surface area (Å²) in [6.45, 7) is 4.40. The molecule has 22 heavy (non-hydrogen) atoms. The number of carbonyl (C=O) groups is 2. The number of amides is 3. The highest BCUT2D eigenvalue weighted by Crippen LogP contribution is 2.21.